The molecule has 0 fully saturated rings. The molecule has 1 aliphatic rings. The SMILES string of the molecule is NC1CCCc2c1[nH]c1ccc(OC(F)(F)F)cc21. The van der Waals surface area contributed by atoms with Gasteiger partial charge in [-0.15, -0.1) is 13.2 Å². The molecule has 1 aromatic heterocycles. The summed E-state index contributed by atoms with van der Waals surface area (Å²) < 4.78 is 40.6. The smallest absolute Gasteiger partial charge is 0.406 e. The summed E-state index contributed by atoms with van der Waals surface area (Å²) >= 11 is 0. The number of ether oxygens (including phenoxy) is 1. The van der Waals surface area contributed by atoms with Crippen molar-refractivity contribution in [2.24, 2.45) is 5.73 Å². The summed E-state index contributed by atoms with van der Waals surface area (Å²) in [5.74, 6) is -0.194. The van der Waals surface area contributed by atoms with Crippen molar-refractivity contribution in [1.29, 1.82) is 0 Å². The molecule has 0 saturated carbocycles. The zero-order valence-electron chi connectivity index (χ0n) is 10.1. The molecule has 0 amide bonds. The highest BCUT2D eigenvalue weighted by molar-refractivity contribution is 5.86. The predicted octanol–water partition coefficient (Wildman–Crippen LogP) is 3.40. The third-order valence-electron chi connectivity index (χ3n) is 3.46. The summed E-state index contributed by atoms with van der Waals surface area (Å²) in [4.78, 5) is 3.19. The number of rotatable bonds is 1. The second-order valence-corrected chi connectivity index (χ2v) is 4.77. The fraction of sp³-hybridized carbons (Fsp3) is 0.385. The standard InChI is InChI=1S/C13H13F3N2O/c14-13(15,16)19-7-4-5-11-9(6-7)8-2-1-3-10(17)12(8)18-11/h4-6,10,18H,1-3,17H2. The van der Waals surface area contributed by atoms with E-state index in [0.717, 1.165) is 41.4 Å². The monoisotopic (exact) mass is 270 g/mol. The van der Waals surface area contributed by atoms with Gasteiger partial charge in [-0.25, -0.2) is 0 Å². The molecule has 1 unspecified atom stereocenters. The van der Waals surface area contributed by atoms with Crippen LogP contribution in [0.4, 0.5) is 13.2 Å². The van der Waals surface area contributed by atoms with Crippen molar-refractivity contribution in [3.63, 3.8) is 0 Å². The number of hydrogen-bond acceptors (Lipinski definition) is 2. The molecule has 1 atom stereocenters. The van der Waals surface area contributed by atoms with Gasteiger partial charge in [0.2, 0.25) is 0 Å². The van der Waals surface area contributed by atoms with Crippen LogP contribution in [0, 0.1) is 0 Å². The molecule has 102 valence electrons. The van der Waals surface area contributed by atoms with Crippen LogP contribution in [0.2, 0.25) is 0 Å². The number of H-pyrrole nitrogens is 1. The van der Waals surface area contributed by atoms with Gasteiger partial charge in [-0.2, -0.15) is 0 Å². The van der Waals surface area contributed by atoms with Crippen molar-refractivity contribution < 1.29 is 17.9 Å². The summed E-state index contributed by atoms with van der Waals surface area (Å²) in [5, 5.41) is 0.770. The van der Waals surface area contributed by atoms with Gasteiger partial charge in [0.15, 0.2) is 0 Å². The molecule has 0 bridgehead atoms. The van der Waals surface area contributed by atoms with Gasteiger partial charge >= 0.3 is 6.36 Å². The van der Waals surface area contributed by atoms with E-state index in [1.807, 2.05) is 0 Å². The molecular formula is C13H13F3N2O. The van der Waals surface area contributed by atoms with Crippen LogP contribution < -0.4 is 10.5 Å². The van der Waals surface area contributed by atoms with Crippen molar-refractivity contribution in [1.82, 2.24) is 4.98 Å². The van der Waals surface area contributed by atoms with E-state index >= 15 is 0 Å². The Morgan fingerprint density at radius 3 is 2.84 bits per heavy atom. The lowest BCUT2D eigenvalue weighted by molar-refractivity contribution is -0.274. The maximum absolute atomic E-state index is 12.2. The Bertz CT molecular complexity index is 618. The lowest BCUT2D eigenvalue weighted by Gasteiger charge is -2.18. The molecule has 2 aromatic rings. The summed E-state index contributed by atoms with van der Waals surface area (Å²) in [6.45, 7) is 0. The highest BCUT2D eigenvalue weighted by atomic mass is 19.4. The van der Waals surface area contributed by atoms with Crippen molar-refractivity contribution in [3.05, 3.63) is 29.5 Å². The fourth-order valence-corrected chi connectivity index (χ4v) is 2.67. The maximum atomic E-state index is 12.2. The first-order valence-corrected chi connectivity index (χ1v) is 6.10. The van der Waals surface area contributed by atoms with Crippen LogP contribution in [0.1, 0.15) is 30.1 Å². The number of nitrogens with one attached hydrogen (secondary N) is 1. The Hall–Kier alpha value is -1.69. The van der Waals surface area contributed by atoms with Crippen LogP contribution in [0.15, 0.2) is 18.2 Å². The highest BCUT2D eigenvalue weighted by Gasteiger charge is 2.31. The van der Waals surface area contributed by atoms with Gasteiger partial charge in [-0.3, -0.25) is 0 Å². The van der Waals surface area contributed by atoms with Crippen LogP contribution in [-0.2, 0) is 6.42 Å². The Balaban J connectivity index is 2.07. The number of benzene rings is 1. The average Bonchev–Trinajstić information content (AvgIpc) is 2.67. The minimum absolute atomic E-state index is 0.0665. The van der Waals surface area contributed by atoms with Crippen molar-refractivity contribution in [2.75, 3.05) is 0 Å². The molecular weight excluding hydrogens is 257 g/mol. The van der Waals surface area contributed by atoms with Crippen LogP contribution in [0.3, 0.4) is 0 Å². The van der Waals surface area contributed by atoms with Crippen molar-refractivity contribution >= 4 is 10.9 Å². The number of hydrogen-bond donors (Lipinski definition) is 2. The van der Waals surface area contributed by atoms with Crippen molar-refractivity contribution in [2.45, 2.75) is 31.7 Å². The summed E-state index contributed by atoms with van der Waals surface area (Å²) in [6, 6.07) is 4.27. The van der Waals surface area contributed by atoms with E-state index in [9.17, 15) is 13.2 Å². The van der Waals surface area contributed by atoms with E-state index in [2.05, 4.69) is 9.72 Å². The quantitative estimate of drug-likeness (QED) is 0.834. The van der Waals surface area contributed by atoms with Crippen LogP contribution >= 0.6 is 0 Å². The van der Waals surface area contributed by atoms with Gasteiger partial charge in [-0.1, -0.05) is 0 Å². The number of nitrogens with two attached hydrogens (primary N) is 1. The van der Waals surface area contributed by atoms with E-state index in [1.165, 1.54) is 12.1 Å². The molecule has 1 heterocycles. The summed E-state index contributed by atoms with van der Waals surface area (Å²) in [5.41, 5.74) is 8.76. The Kier molecular flexibility index (Phi) is 2.70. The third-order valence-corrected chi connectivity index (χ3v) is 3.46. The lowest BCUT2D eigenvalue weighted by Crippen LogP contribution is -2.17. The topological polar surface area (TPSA) is 51.0 Å². The molecule has 6 heteroatoms. The molecule has 1 aliphatic carbocycles. The van der Waals surface area contributed by atoms with Crippen LogP contribution in [0.25, 0.3) is 10.9 Å². The molecule has 3 N–H and O–H groups in total. The molecule has 1 aromatic carbocycles. The number of aromatic amines is 1. The molecule has 0 aliphatic heterocycles. The number of alkyl halides is 3. The number of fused-ring (bicyclic) bond motifs is 3. The second-order valence-electron chi connectivity index (χ2n) is 4.77. The fourth-order valence-electron chi connectivity index (χ4n) is 2.67. The van der Waals surface area contributed by atoms with Gasteiger partial charge in [-0.05, 0) is 43.0 Å². The Morgan fingerprint density at radius 1 is 1.32 bits per heavy atom. The first-order valence-electron chi connectivity index (χ1n) is 6.10. The third kappa shape index (κ3) is 2.28. The van der Waals surface area contributed by atoms with Gasteiger partial charge < -0.3 is 15.5 Å². The van der Waals surface area contributed by atoms with Gasteiger partial charge in [0.1, 0.15) is 5.75 Å². The van der Waals surface area contributed by atoms with E-state index < -0.39 is 6.36 Å². The summed E-state index contributed by atoms with van der Waals surface area (Å²) in [6.07, 6.45) is -1.99. The van der Waals surface area contributed by atoms with Gasteiger partial charge in [0, 0.05) is 22.6 Å². The largest absolute Gasteiger partial charge is 0.573 e. The Labute approximate surface area is 107 Å². The first kappa shape index (κ1) is 12.3. The molecule has 19 heavy (non-hydrogen) atoms. The molecule has 3 rings (SSSR count). The van der Waals surface area contributed by atoms with Crippen molar-refractivity contribution in [3.8, 4) is 5.75 Å². The van der Waals surface area contributed by atoms with E-state index in [-0.39, 0.29) is 11.8 Å². The van der Waals surface area contributed by atoms with E-state index in [0.29, 0.717) is 0 Å². The molecule has 0 radical (unpaired) electrons. The minimum atomic E-state index is -4.67. The normalized spacial score (nSPS) is 19.5. The zero-order valence-corrected chi connectivity index (χ0v) is 10.1. The molecule has 0 spiro atoms. The maximum Gasteiger partial charge on any atom is 0.573 e. The predicted molar refractivity (Wildman–Crippen MR) is 64.8 cm³/mol. The number of aryl methyl sites for hydroxylation is 1. The van der Waals surface area contributed by atoms with Crippen LogP contribution in [0.5, 0.6) is 5.75 Å². The van der Waals surface area contributed by atoms with E-state index in [4.69, 9.17) is 5.73 Å². The Morgan fingerprint density at radius 2 is 2.11 bits per heavy atom. The number of halogens is 3. The number of aromatic nitrogens is 1. The zero-order chi connectivity index (χ0) is 13.6. The minimum Gasteiger partial charge on any atom is -0.406 e. The summed E-state index contributed by atoms with van der Waals surface area (Å²) in [7, 11) is 0. The molecule has 3 nitrogen and oxygen atoms in total. The average molecular weight is 270 g/mol. The van der Waals surface area contributed by atoms with Crippen LogP contribution in [-0.4, -0.2) is 11.3 Å². The van der Waals surface area contributed by atoms with E-state index in [1.54, 1.807) is 6.07 Å². The highest BCUT2D eigenvalue weighted by Crippen LogP contribution is 2.35. The van der Waals surface area contributed by atoms with Gasteiger partial charge in [0.05, 0.1) is 0 Å². The lowest BCUT2D eigenvalue weighted by atomic mass is 9.92. The molecule has 0 saturated heterocycles. The van der Waals surface area contributed by atoms with Gasteiger partial charge in [0.25, 0.3) is 0 Å². The second kappa shape index (κ2) is 4.16. The first-order chi connectivity index (χ1) is 8.94.